The van der Waals surface area contributed by atoms with E-state index in [9.17, 15) is 9.59 Å². The smallest absolute Gasteiger partial charge is 0.298 e. The van der Waals surface area contributed by atoms with E-state index < -0.39 is 11.8 Å². The lowest BCUT2D eigenvalue weighted by molar-refractivity contribution is 0.0989. The van der Waals surface area contributed by atoms with E-state index in [0.29, 0.717) is 21.1 Å². The first-order valence-corrected chi connectivity index (χ1v) is 12.4. The van der Waals surface area contributed by atoms with Gasteiger partial charge in [0.25, 0.3) is 11.8 Å². The fourth-order valence-electron chi connectivity index (χ4n) is 3.84. The van der Waals surface area contributed by atoms with Crippen molar-refractivity contribution in [2.24, 2.45) is 24.1 Å². The Balaban J connectivity index is 1.50. The highest BCUT2D eigenvalue weighted by Gasteiger charge is 2.15. The van der Waals surface area contributed by atoms with E-state index in [4.69, 9.17) is 9.47 Å². The van der Waals surface area contributed by atoms with Crippen molar-refractivity contribution in [1.82, 2.24) is 14.1 Å². The Morgan fingerprint density at radius 3 is 1.56 bits per heavy atom. The van der Waals surface area contributed by atoms with Gasteiger partial charge in [0.2, 0.25) is 0 Å². The van der Waals surface area contributed by atoms with Crippen LogP contribution in [-0.4, -0.2) is 40.2 Å². The maximum atomic E-state index is 12.9. The van der Waals surface area contributed by atoms with Crippen molar-refractivity contribution < 1.29 is 19.1 Å². The summed E-state index contributed by atoms with van der Waals surface area (Å²) in [5.41, 5.74) is 1.81. The number of amides is 2. The lowest BCUT2D eigenvalue weighted by Crippen LogP contribution is -2.16. The maximum absolute atomic E-state index is 12.9. The first-order valence-electron chi connectivity index (χ1n) is 10.8. The molecule has 0 saturated heterocycles. The maximum Gasteiger partial charge on any atom is 0.298 e. The lowest BCUT2D eigenvalue weighted by atomic mass is 10.3. The predicted octanol–water partition coefficient (Wildman–Crippen LogP) is 3.69. The first-order chi connectivity index (χ1) is 17.4. The molecule has 5 rings (SSSR count). The molecule has 0 aliphatic heterocycles. The number of aryl methyl sites for hydroxylation is 2. The average Bonchev–Trinajstić information content (AvgIpc) is 3.39. The Morgan fingerprint density at radius 2 is 1.14 bits per heavy atom. The molecular formula is C25H21N5O4S2. The highest BCUT2D eigenvalue weighted by molar-refractivity contribution is 7.16. The number of hydrogen-bond acceptors (Lipinski definition) is 7. The van der Waals surface area contributed by atoms with Crippen LogP contribution in [0.4, 0.5) is 0 Å². The summed E-state index contributed by atoms with van der Waals surface area (Å²) in [5, 5.41) is 0. The van der Waals surface area contributed by atoms with Crippen molar-refractivity contribution in [3.05, 3.63) is 75.6 Å². The number of rotatable bonds is 4. The Bertz CT molecular complexity index is 1660. The molecule has 0 aliphatic rings. The molecule has 36 heavy (non-hydrogen) atoms. The molecule has 9 nitrogen and oxygen atoms in total. The monoisotopic (exact) mass is 519 g/mol. The van der Waals surface area contributed by atoms with E-state index in [1.54, 1.807) is 29.4 Å². The van der Waals surface area contributed by atoms with Crippen LogP contribution >= 0.6 is 22.7 Å². The molecule has 3 aromatic heterocycles. The Hall–Kier alpha value is -4.09. The number of methoxy groups -OCH3 is 2. The number of para-hydroxylation sites is 2. The van der Waals surface area contributed by atoms with Crippen LogP contribution in [-0.2, 0) is 14.1 Å². The zero-order chi connectivity index (χ0) is 25.4. The van der Waals surface area contributed by atoms with E-state index in [1.165, 1.54) is 34.8 Å². The van der Waals surface area contributed by atoms with E-state index >= 15 is 0 Å². The number of fused-ring (bicyclic) bond motifs is 2. The minimum Gasteiger partial charge on any atom is -0.495 e. The van der Waals surface area contributed by atoms with E-state index in [0.717, 1.165) is 20.4 Å². The summed E-state index contributed by atoms with van der Waals surface area (Å²) in [7, 11) is 6.84. The van der Waals surface area contributed by atoms with Crippen LogP contribution < -0.4 is 19.1 Å². The fraction of sp³-hybridized carbons (Fsp3) is 0.160. The molecule has 2 aromatic carbocycles. The van der Waals surface area contributed by atoms with Gasteiger partial charge in [-0.1, -0.05) is 40.9 Å². The van der Waals surface area contributed by atoms with Crippen molar-refractivity contribution in [3.63, 3.8) is 0 Å². The fourth-order valence-corrected chi connectivity index (χ4v) is 5.91. The topological polar surface area (TPSA) is 100 Å². The van der Waals surface area contributed by atoms with Crippen molar-refractivity contribution in [3.8, 4) is 11.5 Å². The van der Waals surface area contributed by atoms with Gasteiger partial charge in [-0.2, -0.15) is 9.98 Å². The predicted molar refractivity (Wildman–Crippen MR) is 139 cm³/mol. The van der Waals surface area contributed by atoms with Crippen LogP contribution in [0.15, 0.2) is 64.6 Å². The van der Waals surface area contributed by atoms with Crippen LogP contribution in [0, 0.1) is 0 Å². The third-order valence-electron chi connectivity index (χ3n) is 5.59. The number of carbonyl (C=O) groups is 2. The first kappa shape index (κ1) is 23.6. The number of aromatic nitrogens is 3. The molecule has 2 amide bonds. The van der Waals surface area contributed by atoms with Crippen LogP contribution in [0.5, 0.6) is 11.5 Å². The molecule has 0 spiro atoms. The number of carbonyl (C=O) groups excluding carboxylic acids is 2. The summed E-state index contributed by atoms with van der Waals surface area (Å²) in [6, 6.07) is 16.0. The summed E-state index contributed by atoms with van der Waals surface area (Å²) in [4.78, 5) is 39.6. The normalized spacial score (nSPS) is 12.4. The molecule has 5 aromatic rings. The van der Waals surface area contributed by atoms with Gasteiger partial charge in [0.05, 0.1) is 23.6 Å². The third-order valence-corrected chi connectivity index (χ3v) is 7.79. The number of benzene rings is 2. The Morgan fingerprint density at radius 1 is 0.722 bits per heavy atom. The molecular weight excluding hydrogens is 498 g/mol. The molecule has 0 bridgehead atoms. The molecule has 0 unspecified atom stereocenters. The second-order valence-electron chi connectivity index (χ2n) is 7.74. The van der Waals surface area contributed by atoms with Crippen LogP contribution in [0.25, 0.3) is 20.4 Å². The number of hydrogen-bond donors (Lipinski definition) is 0. The minimum atomic E-state index is -0.553. The summed E-state index contributed by atoms with van der Waals surface area (Å²) in [6.45, 7) is 0. The summed E-state index contributed by atoms with van der Waals surface area (Å²) < 4.78 is 16.3. The molecule has 11 heteroatoms. The second-order valence-corrected chi connectivity index (χ2v) is 9.76. The zero-order valence-corrected chi connectivity index (χ0v) is 21.5. The van der Waals surface area contributed by atoms with Gasteiger partial charge in [-0.15, -0.1) is 0 Å². The van der Waals surface area contributed by atoms with Crippen molar-refractivity contribution >= 4 is 54.9 Å². The van der Waals surface area contributed by atoms with Gasteiger partial charge in [-0.3, -0.25) is 9.59 Å². The van der Waals surface area contributed by atoms with Crippen molar-refractivity contribution in [2.45, 2.75) is 0 Å². The zero-order valence-electron chi connectivity index (χ0n) is 19.9. The van der Waals surface area contributed by atoms with Gasteiger partial charge < -0.3 is 18.6 Å². The van der Waals surface area contributed by atoms with Gasteiger partial charge in [0.1, 0.15) is 33.9 Å². The lowest BCUT2D eigenvalue weighted by Gasteiger charge is -2.03. The van der Waals surface area contributed by atoms with Crippen molar-refractivity contribution in [2.75, 3.05) is 14.2 Å². The average molecular weight is 520 g/mol. The Labute approximate surface area is 213 Å². The largest absolute Gasteiger partial charge is 0.495 e. The molecule has 3 heterocycles. The molecule has 182 valence electrons. The third kappa shape index (κ3) is 4.12. The second kappa shape index (κ2) is 9.51. The van der Waals surface area contributed by atoms with E-state index in [1.807, 2.05) is 50.5 Å². The van der Waals surface area contributed by atoms with Gasteiger partial charge in [0.15, 0.2) is 9.60 Å². The SMILES string of the molecule is COc1cccc2sc(=NC(=O)c3cccc(C(=O)N=c4sc5cccc(OC)c5n4C)n3)n(C)c12. The number of pyridine rings is 1. The van der Waals surface area contributed by atoms with Gasteiger partial charge in [0, 0.05) is 14.1 Å². The molecule has 0 N–H and O–H groups in total. The van der Waals surface area contributed by atoms with E-state index in [-0.39, 0.29) is 11.4 Å². The van der Waals surface area contributed by atoms with Gasteiger partial charge in [-0.05, 0) is 36.4 Å². The van der Waals surface area contributed by atoms with Gasteiger partial charge in [-0.25, -0.2) is 4.98 Å². The summed E-state index contributed by atoms with van der Waals surface area (Å²) in [6.07, 6.45) is 0. The standard InChI is InChI=1S/C25H21N5O4S2/c1-29-20-16(33-3)10-6-12-18(20)35-24(29)27-22(31)14-8-5-9-15(26-14)23(32)28-25-30(2)21-17(34-4)11-7-13-19(21)36-25/h5-13H,1-4H3. The molecule has 0 atom stereocenters. The molecule has 0 fully saturated rings. The van der Waals surface area contributed by atoms with Crippen LogP contribution in [0.3, 0.4) is 0 Å². The highest BCUT2D eigenvalue weighted by Crippen LogP contribution is 2.27. The van der Waals surface area contributed by atoms with Gasteiger partial charge >= 0.3 is 0 Å². The molecule has 0 radical (unpaired) electrons. The van der Waals surface area contributed by atoms with E-state index in [2.05, 4.69) is 15.0 Å². The molecule has 0 saturated carbocycles. The number of ether oxygens (including phenoxy) is 2. The van der Waals surface area contributed by atoms with Crippen LogP contribution in [0.2, 0.25) is 0 Å². The summed E-state index contributed by atoms with van der Waals surface area (Å²) in [5.74, 6) is 0.282. The number of nitrogens with zero attached hydrogens (tertiary/aromatic N) is 5. The molecule has 0 aliphatic carbocycles. The van der Waals surface area contributed by atoms with Crippen molar-refractivity contribution in [1.29, 1.82) is 0 Å². The Kier molecular flexibility index (Phi) is 6.25. The number of thiazole rings is 2. The minimum absolute atomic E-state index is 0.0582. The van der Waals surface area contributed by atoms with Crippen LogP contribution in [0.1, 0.15) is 21.0 Å². The highest BCUT2D eigenvalue weighted by atomic mass is 32.1. The summed E-state index contributed by atoms with van der Waals surface area (Å²) >= 11 is 2.73. The quantitative estimate of drug-likeness (QED) is 0.361.